The number of hydrazine groups is 1. The molecule has 0 spiro atoms. The number of imide groups is 1. The van der Waals surface area contributed by atoms with Gasteiger partial charge in [-0.2, -0.15) is 5.01 Å². The number of benzene rings is 3. The van der Waals surface area contributed by atoms with Crippen molar-refractivity contribution < 1.29 is 24.1 Å². The molecule has 4 rings (SSSR count). The minimum absolute atomic E-state index is 0.0216. The van der Waals surface area contributed by atoms with E-state index >= 15 is 0 Å². The predicted octanol–water partition coefficient (Wildman–Crippen LogP) is 6.83. The summed E-state index contributed by atoms with van der Waals surface area (Å²) < 4.78 is 1.44. The number of amides is 3. The highest BCUT2D eigenvalue weighted by atomic mass is 79.9. The molecule has 1 aliphatic heterocycles. The lowest BCUT2D eigenvalue weighted by Crippen LogP contribution is -2.51. The van der Waals surface area contributed by atoms with Crippen molar-refractivity contribution in [1.29, 1.82) is 0 Å². The molecule has 3 aromatic carbocycles. The largest absolute Gasteiger partial charge is 0.292 e. The van der Waals surface area contributed by atoms with Crippen molar-refractivity contribution in [1.82, 2.24) is 10.0 Å². The van der Waals surface area contributed by atoms with Gasteiger partial charge in [0.15, 0.2) is 5.78 Å². The van der Waals surface area contributed by atoms with E-state index in [2.05, 4.69) is 63.7 Å². The number of halogens is 5. The Bertz CT molecular complexity index is 1480. The molecule has 1 heterocycles. The van der Waals surface area contributed by atoms with Gasteiger partial charge < -0.3 is 0 Å². The number of hydrogen-bond acceptors (Lipinski definition) is 6. The third kappa shape index (κ3) is 4.90. The molecule has 37 heavy (non-hydrogen) atoms. The molecule has 0 radical (unpaired) electrons. The fourth-order valence-corrected chi connectivity index (χ4v) is 6.23. The first-order chi connectivity index (χ1) is 17.5. The van der Waals surface area contributed by atoms with Gasteiger partial charge in [-0.05, 0) is 88.0 Å². The Kier molecular flexibility index (Phi) is 8.00. The smallest absolute Gasteiger partial charge is 0.282 e. The van der Waals surface area contributed by atoms with Crippen LogP contribution in [0.2, 0.25) is 5.02 Å². The molecule has 9 nitrogen and oxygen atoms in total. The Morgan fingerprint density at radius 1 is 0.865 bits per heavy atom. The molecule has 0 N–H and O–H groups in total. The molecular weight excluding hydrogens is 769 g/mol. The average Bonchev–Trinajstić information content (AvgIpc) is 3.14. The van der Waals surface area contributed by atoms with E-state index in [0.29, 0.717) is 14.0 Å². The zero-order chi connectivity index (χ0) is 27.2. The van der Waals surface area contributed by atoms with E-state index < -0.39 is 35.0 Å². The predicted molar refractivity (Wildman–Crippen MR) is 148 cm³/mol. The van der Waals surface area contributed by atoms with Crippen LogP contribution in [0.1, 0.15) is 41.4 Å². The van der Waals surface area contributed by atoms with E-state index in [1.54, 1.807) is 12.1 Å². The lowest BCUT2D eigenvalue weighted by Gasteiger charge is -2.29. The van der Waals surface area contributed by atoms with Crippen molar-refractivity contribution in [2.24, 2.45) is 0 Å². The Balaban J connectivity index is 1.81. The van der Waals surface area contributed by atoms with E-state index in [1.165, 1.54) is 24.3 Å². The molecule has 0 saturated carbocycles. The number of nitro groups is 1. The zero-order valence-corrected chi connectivity index (χ0v) is 25.1. The first-order valence-corrected chi connectivity index (χ1v) is 13.6. The lowest BCUT2D eigenvalue weighted by molar-refractivity contribution is -0.384. The molecule has 1 aliphatic rings. The number of Topliss-reactive ketones (excluding diaryl/α,β-unsaturated/α-hetero) is 1. The van der Waals surface area contributed by atoms with Gasteiger partial charge in [-0.1, -0.05) is 23.7 Å². The molecule has 14 heteroatoms. The average molecular weight is 779 g/mol. The molecule has 0 aromatic heterocycles. The van der Waals surface area contributed by atoms with E-state index in [0.717, 1.165) is 17.1 Å². The standard InChI is InChI=1S/C23H10Br4ClN3O6/c24-17-15-16(18(25)20(27)19(17)26)23(35)30(22(15)34)29(21(33)12-3-1-2-4-13(12)28)9-14(32)10-5-7-11(8-6-10)31(36)37/h1-8H,9H2. The van der Waals surface area contributed by atoms with Crippen molar-refractivity contribution >= 4 is 105 Å². The van der Waals surface area contributed by atoms with Gasteiger partial charge in [0, 0.05) is 35.6 Å². The number of nitro benzene ring substituents is 1. The van der Waals surface area contributed by atoms with E-state index in [1.807, 2.05) is 0 Å². The summed E-state index contributed by atoms with van der Waals surface area (Å²) in [7, 11) is 0. The van der Waals surface area contributed by atoms with Gasteiger partial charge in [0.05, 0.1) is 26.6 Å². The van der Waals surface area contributed by atoms with Gasteiger partial charge in [0.25, 0.3) is 23.4 Å². The molecule has 0 aliphatic carbocycles. The van der Waals surface area contributed by atoms with E-state index in [9.17, 15) is 29.3 Å². The molecule has 0 saturated heterocycles. The first-order valence-electron chi connectivity index (χ1n) is 10.0. The molecule has 3 aromatic rings. The summed E-state index contributed by atoms with van der Waals surface area (Å²) in [6, 6.07) is 10.7. The van der Waals surface area contributed by atoms with Gasteiger partial charge in [-0.15, -0.1) is 0 Å². The van der Waals surface area contributed by atoms with Crippen LogP contribution in [0.4, 0.5) is 5.69 Å². The summed E-state index contributed by atoms with van der Waals surface area (Å²) in [5.41, 5.74) is -0.283. The van der Waals surface area contributed by atoms with E-state index in [4.69, 9.17) is 11.6 Å². The number of fused-ring (bicyclic) bond motifs is 1. The Hall–Kier alpha value is -2.45. The van der Waals surface area contributed by atoms with Crippen LogP contribution >= 0.6 is 75.3 Å². The van der Waals surface area contributed by atoms with Crippen molar-refractivity contribution in [2.45, 2.75) is 0 Å². The Labute approximate surface area is 247 Å². The van der Waals surface area contributed by atoms with Crippen LogP contribution in [0.15, 0.2) is 66.4 Å². The summed E-state index contributed by atoms with van der Waals surface area (Å²) in [5, 5.41) is 12.3. The normalized spacial score (nSPS) is 12.5. The van der Waals surface area contributed by atoms with Crippen LogP contribution < -0.4 is 0 Å². The molecule has 0 bridgehead atoms. The summed E-state index contributed by atoms with van der Waals surface area (Å²) in [6.07, 6.45) is 0. The Morgan fingerprint density at radius 3 is 1.86 bits per heavy atom. The van der Waals surface area contributed by atoms with Crippen molar-refractivity contribution in [3.63, 3.8) is 0 Å². The number of carbonyl (C=O) groups excluding carboxylic acids is 4. The van der Waals surface area contributed by atoms with Crippen LogP contribution in [0, 0.1) is 10.1 Å². The molecular formula is C23H10Br4ClN3O6. The minimum Gasteiger partial charge on any atom is -0.292 e. The van der Waals surface area contributed by atoms with Crippen LogP contribution in [0.25, 0.3) is 0 Å². The van der Waals surface area contributed by atoms with Crippen LogP contribution in [0.3, 0.4) is 0 Å². The molecule has 3 amide bonds. The second kappa shape index (κ2) is 10.7. The fraction of sp³-hybridized carbons (Fsp3) is 0.0435. The molecule has 0 fully saturated rings. The number of ketones is 1. The van der Waals surface area contributed by atoms with Crippen molar-refractivity contribution in [3.8, 4) is 0 Å². The fourth-order valence-electron chi connectivity index (χ4n) is 3.56. The van der Waals surface area contributed by atoms with Gasteiger partial charge >= 0.3 is 0 Å². The third-order valence-electron chi connectivity index (χ3n) is 5.35. The maximum atomic E-state index is 13.6. The quantitative estimate of drug-likeness (QED) is 0.0676. The van der Waals surface area contributed by atoms with Gasteiger partial charge in [0.2, 0.25) is 0 Å². The number of rotatable bonds is 6. The SMILES string of the molecule is O=C(CN(C(=O)c1ccccc1Cl)N1C(=O)c2c(Br)c(Br)c(Br)c(Br)c2C1=O)c1ccc([N+](=O)[O-])cc1. The lowest BCUT2D eigenvalue weighted by atomic mass is 10.1. The number of non-ortho nitro benzene ring substituents is 1. The van der Waals surface area contributed by atoms with Crippen LogP contribution in [-0.2, 0) is 0 Å². The third-order valence-corrected chi connectivity index (χ3v) is 10.5. The van der Waals surface area contributed by atoms with Crippen molar-refractivity contribution in [3.05, 3.63) is 104 Å². The first kappa shape index (κ1) is 27.6. The minimum atomic E-state index is -0.874. The summed E-state index contributed by atoms with van der Waals surface area (Å²) in [4.78, 5) is 64.2. The highest BCUT2D eigenvalue weighted by Crippen LogP contribution is 2.45. The molecule has 188 valence electrons. The van der Waals surface area contributed by atoms with Gasteiger partial charge in [-0.3, -0.25) is 29.3 Å². The number of carbonyl (C=O) groups is 4. The zero-order valence-electron chi connectivity index (χ0n) is 18.0. The second-order valence-corrected chi connectivity index (χ2v) is 11.1. The second-order valence-electron chi connectivity index (χ2n) is 7.50. The summed E-state index contributed by atoms with van der Waals surface area (Å²) in [6.45, 7) is -0.731. The van der Waals surface area contributed by atoms with Gasteiger partial charge in [0.1, 0.15) is 6.54 Å². The molecule has 0 unspecified atom stereocenters. The maximum Gasteiger partial charge on any atom is 0.282 e. The topological polar surface area (TPSA) is 118 Å². The number of nitrogens with zero attached hydrogens (tertiary/aromatic N) is 3. The van der Waals surface area contributed by atoms with Crippen molar-refractivity contribution in [2.75, 3.05) is 6.54 Å². The van der Waals surface area contributed by atoms with Crippen LogP contribution in [0.5, 0.6) is 0 Å². The number of hydrogen-bond donors (Lipinski definition) is 0. The summed E-state index contributed by atoms with van der Waals surface area (Å²) in [5.74, 6) is -3.25. The summed E-state index contributed by atoms with van der Waals surface area (Å²) >= 11 is 19.5. The maximum absolute atomic E-state index is 13.6. The van der Waals surface area contributed by atoms with Gasteiger partial charge in [-0.25, -0.2) is 5.01 Å². The molecule has 0 atom stereocenters. The van der Waals surface area contributed by atoms with Crippen LogP contribution in [-0.4, -0.2) is 45.0 Å². The monoisotopic (exact) mass is 775 g/mol. The van der Waals surface area contributed by atoms with E-state index in [-0.39, 0.29) is 41.9 Å². The highest BCUT2D eigenvalue weighted by Gasteiger charge is 2.46. The highest BCUT2D eigenvalue weighted by molar-refractivity contribution is 9.15. The Morgan fingerprint density at radius 2 is 1.38 bits per heavy atom.